The molecule has 2 aromatic rings. The van der Waals surface area contributed by atoms with Crippen LogP contribution >= 0.6 is 11.3 Å². The standard InChI is InChI=1S/C9H13N5S/c1-9(2,5-10)7-4-15-8(12-7)6-3-11-14-13-6/h3-4H,5,10H2,1-2H3,(H,11,13,14). The van der Waals surface area contributed by atoms with E-state index in [-0.39, 0.29) is 5.41 Å². The number of H-pyrrole nitrogens is 1. The van der Waals surface area contributed by atoms with Crippen LogP contribution in [0.1, 0.15) is 19.5 Å². The van der Waals surface area contributed by atoms with Crippen LogP contribution in [0.2, 0.25) is 0 Å². The highest BCUT2D eigenvalue weighted by molar-refractivity contribution is 7.13. The first-order chi connectivity index (χ1) is 7.13. The van der Waals surface area contributed by atoms with E-state index in [9.17, 15) is 0 Å². The van der Waals surface area contributed by atoms with E-state index < -0.39 is 0 Å². The minimum atomic E-state index is -0.0848. The number of rotatable bonds is 3. The molecule has 5 nitrogen and oxygen atoms in total. The second-order valence-corrected chi connectivity index (χ2v) is 4.84. The quantitative estimate of drug-likeness (QED) is 0.818. The van der Waals surface area contributed by atoms with Gasteiger partial charge in [0.25, 0.3) is 0 Å². The van der Waals surface area contributed by atoms with Gasteiger partial charge in [-0.25, -0.2) is 4.98 Å². The summed E-state index contributed by atoms with van der Waals surface area (Å²) in [5.74, 6) is 0. The maximum absolute atomic E-state index is 5.70. The van der Waals surface area contributed by atoms with Crippen molar-refractivity contribution in [2.75, 3.05) is 6.54 Å². The highest BCUT2D eigenvalue weighted by atomic mass is 32.1. The highest BCUT2D eigenvalue weighted by Gasteiger charge is 2.22. The van der Waals surface area contributed by atoms with Crippen LogP contribution in [-0.4, -0.2) is 26.9 Å². The van der Waals surface area contributed by atoms with Crippen LogP contribution in [0.15, 0.2) is 11.6 Å². The Labute approximate surface area is 91.7 Å². The number of nitrogens with two attached hydrogens (primary N) is 1. The molecule has 0 unspecified atom stereocenters. The minimum Gasteiger partial charge on any atom is -0.330 e. The third-order valence-electron chi connectivity index (χ3n) is 2.34. The monoisotopic (exact) mass is 223 g/mol. The molecule has 2 rings (SSSR count). The Hall–Kier alpha value is -1.27. The van der Waals surface area contributed by atoms with Crippen LogP contribution in [0.4, 0.5) is 0 Å². The molecule has 0 spiro atoms. The van der Waals surface area contributed by atoms with Crippen LogP contribution < -0.4 is 5.73 Å². The summed E-state index contributed by atoms with van der Waals surface area (Å²) in [4.78, 5) is 4.51. The van der Waals surface area contributed by atoms with Gasteiger partial charge in [0.05, 0.1) is 11.9 Å². The molecule has 0 aliphatic rings. The maximum Gasteiger partial charge on any atom is 0.145 e. The van der Waals surface area contributed by atoms with Crippen molar-refractivity contribution in [2.24, 2.45) is 5.73 Å². The van der Waals surface area contributed by atoms with Gasteiger partial charge in [0.1, 0.15) is 10.7 Å². The molecule has 0 atom stereocenters. The first-order valence-electron chi connectivity index (χ1n) is 4.66. The van der Waals surface area contributed by atoms with Crippen molar-refractivity contribution in [1.82, 2.24) is 20.4 Å². The number of nitrogens with one attached hydrogen (secondary N) is 1. The fraction of sp³-hybridized carbons (Fsp3) is 0.444. The summed E-state index contributed by atoms with van der Waals surface area (Å²) in [6.07, 6.45) is 1.66. The van der Waals surface area contributed by atoms with Crippen LogP contribution in [0.3, 0.4) is 0 Å². The van der Waals surface area contributed by atoms with Gasteiger partial charge >= 0.3 is 0 Å². The van der Waals surface area contributed by atoms with E-state index in [0.29, 0.717) is 6.54 Å². The third kappa shape index (κ3) is 1.91. The molecule has 0 aliphatic carbocycles. The first kappa shape index (κ1) is 10.3. The van der Waals surface area contributed by atoms with Crippen LogP contribution in [0, 0.1) is 0 Å². The van der Waals surface area contributed by atoms with E-state index in [1.54, 1.807) is 17.5 Å². The Bertz CT molecular complexity index is 431. The van der Waals surface area contributed by atoms with Crippen LogP contribution in [0.5, 0.6) is 0 Å². The second-order valence-electron chi connectivity index (χ2n) is 3.98. The van der Waals surface area contributed by atoms with Gasteiger partial charge in [-0.1, -0.05) is 13.8 Å². The number of aromatic nitrogens is 4. The number of nitrogens with zero attached hydrogens (tertiary/aromatic N) is 3. The van der Waals surface area contributed by atoms with Gasteiger partial charge in [-0.15, -0.1) is 11.3 Å². The molecule has 0 fully saturated rings. The van der Waals surface area contributed by atoms with Crippen molar-refractivity contribution < 1.29 is 0 Å². The molecule has 0 radical (unpaired) electrons. The second kappa shape index (κ2) is 3.71. The van der Waals surface area contributed by atoms with Crippen molar-refractivity contribution in [1.29, 1.82) is 0 Å². The predicted molar refractivity (Wildman–Crippen MR) is 59.6 cm³/mol. The molecule has 6 heteroatoms. The number of thiazole rings is 1. The van der Waals surface area contributed by atoms with Gasteiger partial charge in [-0.3, -0.25) is 0 Å². The summed E-state index contributed by atoms with van der Waals surface area (Å²) in [5, 5.41) is 13.2. The lowest BCUT2D eigenvalue weighted by molar-refractivity contribution is 0.525. The van der Waals surface area contributed by atoms with E-state index in [1.807, 2.05) is 5.38 Å². The Morgan fingerprint density at radius 2 is 2.33 bits per heavy atom. The summed E-state index contributed by atoms with van der Waals surface area (Å²) >= 11 is 1.56. The molecule has 15 heavy (non-hydrogen) atoms. The van der Waals surface area contributed by atoms with Crippen molar-refractivity contribution in [3.05, 3.63) is 17.3 Å². The lowest BCUT2D eigenvalue weighted by Gasteiger charge is -2.19. The molecule has 0 aromatic carbocycles. The van der Waals surface area contributed by atoms with E-state index in [4.69, 9.17) is 5.73 Å². The normalized spacial score (nSPS) is 11.9. The molecule has 2 heterocycles. The summed E-state index contributed by atoms with van der Waals surface area (Å²) in [7, 11) is 0. The van der Waals surface area contributed by atoms with Gasteiger partial charge in [0, 0.05) is 17.3 Å². The summed E-state index contributed by atoms with van der Waals surface area (Å²) in [6, 6.07) is 0. The zero-order valence-electron chi connectivity index (χ0n) is 8.69. The van der Waals surface area contributed by atoms with Crippen molar-refractivity contribution in [3.63, 3.8) is 0 Å². The van der Waals surface area contributed by atoms with E-state index in [1.165, 1.54) is 0 Å². The molecule has 0 amide bonds. The van der Waals surface area contributed by atoms with Gasteiger partial charge in [0.15, 0.2) is 0 Å². The lowest BCUT2D eigenvalue weighted by Crippen LogP contribution is -2.28. The van der Waals surface area contributed by atoms with E-state index >= 15 is 0 Å². The number of hydrogen-bond donors (Lipinski definition) is 2. The molecular formula is C9H13N5S. The average molecular weight is 223 g/mol. The Morgan fingerprint density at radius 3 is 2.93 bits per heavy atom. The van der Waals surface area contributed by atoms with Crippen molar-refractivity contribution in [3.8, 4) is 10.7 Å². The largest absolute Gasteiger partial charge is 0.330 e. The molecular weight excluding hydrogens is 210 g/mol. The van der Waals surface area contributed by atoms with Crippen molar-refractivity contribution in [2.45, 2.75) is 19.3 Å². The molecule has 0 saturated heterocycles. The topological polar surface area (TPSA) is 80.5 Å². The molecule has 2 aromatic heterocycles. The molecule has 0 saturated carbocycles. The van der Waals surface area contributed by atoms with Crippen LogP contribution in [0.25, 0.3) is 10.7 Å². The summed E-state index contributed by atoms with van der Waals surface area (Å²) in [6.45, 7) is 4.73. The minimum absolute atomic E-state index is 0.0848. The zero-order chi connectivity index (χ0) is 10.9. The van der Waals surface area contributed by atoms with Crippen molar-refractivity contribution >= 4 is 11.3 Å². The fourth-order valence-corrected chi connectivity index (χ4v) is 2.08. The van der Waals surface area contributed by atoms with Gasteiger partial charge in [-0.2, -0.15) is 15.4 Å². The fourth-order valence-electron chi connectivity index (χ4n) is 1.11. The lowest BCUT2D eigenvalue weighted by atomic mass is 9.90. The molecule has 0 bridgehead atoms. The SMILES string of the molecule is CC(C)(CN)c1csc(-c2cn[nH]n2)n1. The summed E-state index contributed by atoms with van der Waals surface area (Å²) < 4.78 is 0. The average Bonchev–Trinajstić information content (AvgIpc) is 2.88. The van der Waals surface area contributed by atoms with E-state index in [2.05, 4.69) is 34.2 Å². The smallest absolute Gasteiger partial charge is 0.145 e. The molecule has 0 aliphatic heterocycles. The maximum atomic E-state index is 5.70. The predicted octanol–water partition coefficient (Wildman–Crippen LogP) is 1.16. The van der Waals surface area contributed by atoms with E-state index in [0.717, 1.165) is 16.4 Å². The highest BCUT2D eigenvalue weighted by Crippen LogP contribution is 2.27. The zero-order valence-corrected chi connectivity index (χ0v) is 9.51. The van der Waals surface area contributed by atoms with Gasteiger partial charge < -0.3 is 5.73 Å². The Balaban J connectivity index is 2.33. The summed E-state index contributed by atoms with van der Waals surface area (Å²) in [5.41, 5.74) is 7.40. The van der Waals surface area contributed by atoms with Crippen LogP contribution in [-0.2, 0) is 5.41 Å². The Kier molecular flexibility index (Phi) is 2.54. The number of hydrogen-bond acceptors (Lipinski definition) is 5. The van der Waals surface area contributed by atoms with Gasteiger partial charge in [-0.05, 0) is 0 Å². The molecule has 3 N–H and O–H groups in total. The third-order valence-corrected chi connectivity index (χ3v) is 3.21. The first-order valence-corrected chi connectivity index (χ1v) is 5.53. The Morgan fingerprint density at radius 1 is 1.53 bits per heavy atom. The van der Waals surface area contributed by atoms with Gasteiger partial charge in [0.2, 0.25) is 0 Å². The molecule has 80 valence electrons. The number of aromatic amines is 1.